The van der Waals surface area contributed by atoms with Gasteiger partial charge in [-0.2, -0.15) is 0 Å². The number of carbonyl (C=O) groups excluding carboxylic acids is 2. The van der Waals surface area contributed by atoms with Crippen molar-refractivity contribution in [2.75, 3.05) is 7.11 Å². The first kappa shape index (κ1) is 16.7. The van der Waals surface area contributed by atoms with Crippen molar-refractivity contribution in [3.8, 4) is 0 Å². The molecule has 0 saturated heterocycles. The summed E-state index contributed by atoms with van der Waals surface area (Å²) in [4.78, 5) is 35.1. The predicted molar refractivity (Wildman–Crippen MR) is 86.0 cm³/mol. The zero-order valence-corrected chi connectivity index (χ0v) is 13.5. The number of carbonyl (C=O) groups is 2. The highest BCUT2D eigenvalue weighted by atomic mass is 16.6. The molecule has 130 valence electrons. The van der Waals surface area contributed by atoms with Crippen LogP contribution in [0.2, 0.25) is 0 Å². The van der Waals surface area contributed by atoms with Crippen molar-refractivity contribution in [2.24, 2.45) is 5.73 Å². The molecule has 0 radical (unpaired) electrons. The number of rotatable bonds is 3. The lowest BCUT2D eigenvalue weighted by Crippen LogP contribution is -2.31. The Hall–Kier alpha value is -3.16. The molecule has 1 aromatic carbocycles. The Morgan fingerprint density at radius 2 is 2.00 bits per heavy atom. The van der Waals surface area contributed by atoms with Gasteiger partial charge in [0, 0.05) is 30.5 Å². The fourth-order valence-electron chi connectivity index (χ4n) is 3.19. The highest BCUT2D eigenvalue weighted by Gasteiger charge is 2.41. The Bertz CT molecular complexity index is 822. The summed E-state index contributed by atoms with van der Waals surface area (Å²) < 4.78 is 10.3. The van der Waals surface area contributed by atoms with Crippen LogP contribution in [0.25, 0.3) is 0 Å². The molecular weight excluding hydrogens is 328 g/mol. The van der Waals surface area contributed by atoms with E-state index in [0.717, 1.165) is 0 Å². The number of Topliss-reactive ketones (excluding diaryl/α,β-unsaturated/α-hetero) is 1. The van der Waals surface area contributed by atoms with E-state index in [4.69, 9.17) is 15.2 Å². The summed E-state index contributed by atoms with van der Waals surface area (Å²) in [5.41, 5.74) is 6.77. The Morgan fingerprint density at radius 3 is 2.60 bits per heavy atom. The number of nitrogens with two attached hydrogens (primary N) is 1. The maximum Gasteiger partial charge on any atom is 0.340 e. The van der Waals surface area contributed by atoms with Gasteiger partial charge in [0.25, 0.3) is 5.69 Å². The Labute approximate surface area is 143 Å². The summed E-state index contributed by atoms with van der Waals surface area (Å²) in [6, 6.07) is 5.67. The summed E-state index contributed by atoms with van der Waals surface area (Å²) in [5, 5.41) is 10.9. The van der Waals surface area contributed by atoms with Gasteiger partial charge in [-0.05, 0) is 12.0 Å². The lowest BCUT2D eigenvalue weighted by molar-refractivity contribution is -0.384. The third kappa shape index (κ3) is 2.86. The molecule has 0 amide bonds. The monoisotopic (exact) mass is 344 g/mol. The number of ether oxygens (including phenoxy) is 2. The number of benzene rings is 1. The second kappa shape index (κ2) is 6.39. The van der Waals surface area contributed by atoms with E-state index in [1.165, 1.54) is 31.4 Å². The molecule has 0 aromatic heterocycles. The van der Waals surface area contributed by atoms with Crippen molar-refractivity contribution >= 4 is 17.4 Å². The topological polar surface area (TPSA) is 122 Å². The fraction of sp³-hybridized carbons (Fsp3) is 0.294. The van der Waals surface area contributed by atoms with Crippen molar-refractivity contribution in [3.63, 3.8) is 0 Å². The number of nitro groups is 1. The standard InChI is InChI=1S/C17H16N2O6/c1-24-17(21)15-13(9-5-7-10(8-6-9)19(22)23)14-11(20)3-2-4-12(14)25-16(15)18/h5-8,13H,2-4,18H2,1H3/t13-/m1/s1. The van der Waals surface area contributed by atoms with E-state index in [0.29, 0.717) is 36.2 Å². The van der Waals surface area contributed by atoms with Gasteiger partial charge < -0.3 is 15.2 Å². The minimum absolute atomic E-state index is 0.0327. The second-order valence-electron chi connectivity index (χ2n) is 5.77. The maximum atomic E-state index is 12.5. The number of nitro benzene ring substituents is 1. The summed E-state index contributed by atoms with van der Waals surface area (Å²) in [7, 11) is 1.21. The molecule has 8 heteroatoms. The summed E-state index contributed by atoms with van der Waals surface area (Å²) >= 11 is 0. The van der Waals surface area contributed by atoms with Crippen molar-refractivity contribution in [3.05, 3.63) is 62.7 Å². The molecule has 2 N–H and O–H groups in total. The number of nitrogens with zero attached hydrogens (tertiary/aromatic N) is 1. The van der Waals surface area contributed by atoms with E-state index in [1.54, 1.807) is 0 Å². The first-order valence-electron chi connectivity index (χ1n) is 7.70. The van der Waals surface area contributed by atoms with Crippen molar-refractivity contribution in [1.82, 2.24) is 0 Å². The normalized spacial score (nSPS) is 20.0. The number of allylic oxidation sites excluding steroid dienone is 2. The predicted octanol–water partition coefficient (Wildman–Crippen LogP) is 2.06. The maximum absolute atomic E-state index is 12.5. The van der Waals surface area contributed by atoms with E-state index in [2.05, 4.69) is 0 Å². The highest BCUT2D eigenvalue weighted by molar-refractivity contribution is 6.03. The third-order valence-electron chi connectivity index (χ3n) is 4.33. The molecule has 0 fully saturated rings. The van der Waals surface area contributed by atoms with Crippen LogP contribution in [0, 0.1) is 10.1 Å². The number of non-ortho nitro benzene ring substituents is 1. The van der Waals surface area contributed by atoms with Crippen LogP contribution < -0.4 is 5.73 Å². The van der Waals surface area contributed by atoms with Crippen molar-refractivity contribution < 1.29 is 24.0 Å². The summed E-state index contributed by atoms with van der Waals surface area (Å²) in [6.45, 7) is 0. The highest BCUT2D eigenvalue weighted by Crippen LogP contribution is 2.44. The summed E-state index contributed by atoms with van der Waals surface area (Å²) in [6.07, 6.45) is 1.53. The van der Waals surface area contributed by atoms with E-state index in [-0.39, 0.29) is 22.9 Å². The van der Waals surface area contributed by atoms with Gasteiger partial charge in [-0.25, -0.2) is 4.79 Å². The number of esters is 1. The quantitative estimate of drug-likeness (QED) is 0.506. The minimum atomic E-state index is -0.759. The molecule has 1 heterocycles. The van der Waals surface area contributed by atoms with E-state index < -0.39 is 16.8 Å². The minimum Gasteiger partial charge on any atom is -0.465 e. The van der Waals surface area contributed by atoms with Gasteiger partial charge in [0.1, 0.15) is 11.3 Å². The number of hydrogen-bond acceptors (Lipinski definition) is 7. The molecule has 0 saturated carbocycles. The second-order valence-corrected chi connectivity index (χ2v) is 5.77. The molecule has 1 aliphatic heterocycles. The van der Waals surface area contributed by atoms with Crippen molar-refractivity contribution in [1.29, 1.82) is 0 Å². The van der Waals surface area contributed by atoms with Crippen LogP contribution in [0.5, 0.6) is 0 Å². The molecule has 0 bridgehead atoms. The zero-order valence-electron chi connectivity index (χ0n) is 13.5. The molecule has 1 aromatic rings. The Morgan fingerprint density at radius 1 is 1.32 bits per heavy atom. The molecule has 1 atom stereocenters. The molecule has 25 heavy (non-hydrogen) atoms. The summed E-state index contributed by atoms with van der Waals surface area (Å²) in [5.74, 6) is -1.25. The first-order valence-corrected chi connectivity index (χ1v) is 7.70. The van der Waals surface area contributed by atoms with Gasteiger partial charge in [-0.3, -0.25) is 14.9 Å². The molecule has 2 aliphatic rings. The number of ketones is 1. The lowest BCUT2D eigenvalue weighted by atomic mass is 9.77. The van der Waals surface area contributed by atoms with Gasteiger partial charge in [0.2, 0.25) is 5.88 Å². The molecule has 0 spiro atoms. The van der Waals surface area contributed by atoms with Gasteiger partial charge in [0.15, 0.2) is 5.78 Å². The van der Waals surface area contributed by atoms with E-state index >= 15 is 0 Å². The third-order valence-corrected chi connectivity index (χ3v) is 4.33. The largest absolute Gasteiger partial charge is 0.465 e. The van der Waals surface area contributed by atoms with Gasteiger partial charge >= 0.3 is 5.97 Å². The van der Waals surface area contributed by atoms with Gasteiger partial charge in [0.05, 0.1) is 18.0 Å². The molecule has 0 unspecified atom stereocenters. The Balaban J connectivity index is 2.15. The van der Waals surface area contributed by atoms with Gasteiger partial charge in [-0.1, -0.05) is 12.1 Å². The zero-order chi connectivity index (χ0) is 18.1. The van der Waals surface area contributed by atoms with Crippen LogP contribution in [-0.2, 0) is 19.1 Å². The lowest BCUT2D eigenvalue weighted by Gasteiger charge is -2.32. The molecular formula is C17H16N2O6. The molecule has 1 aliphatic carbocycles. The van der Waals surface area contributed by atoms with Crippen LogP contribution in [0.1, 0.15) is 30.7 Å². The van der Waals surface area contributed by atoms with Crippen molar-refractivity contribution in [2.45, 2.75) is 25.2 Å². The van der Waals surface area contributed by atoms with E-state index in [1.807, 2.05) is 0 Å². The average Bonchev–Trinajstić information content (AvgIpc) is 2.60. The molecule has 3 rings (SSSR count). The SMILES string of the molecule is COC(=O)C1=C(N)OC2=C(C(=O)CCC2)[C@H]1c1ccc([N+](=O)[O-])cc1. The van der Waals surface area contributed by atoms with Crippen LogP contribution in [0.15, 0.2) is 47.1 Å². The van der Waals surface area contributed by atoms with E-state index in [9.17, 15) is 19.7 Å². The Kier molecular flexibility index (Phi) is 4.26. The van der Waals surface area contributed by atoms with Crippen LogP contribution in [0.4, 0.5) is 5.69 Å². The molecule has 8 nitrogen and oxygen atoms in total. The fourth-order valence-corrected chi connectivity index (χ4v) is 3.19. The average molecular weight is 344 g/mol. The first-order chi connectivity index (χ1) is 11.9. The smallest absolute Gasteiger partial charge is 0.340 e. The number of methoxy groups -OCH3 is 1. The van der Waals surface area contributed by atoms with Gasteiger partial charge in [-0.15, -0.1) is 0 Å². The van der Waals surface area contributed by atoms with Crippen LogP contribution in [0.3, 0.4) is 0 Å². The van der Waals surface area contributed by atoms with Crippen LogP contribution in [-0.4, -0.2) is 23.8 Å². The van der Waals surface area contributed by atoms with Crippen LogP contribution >= 0.6 is 0 Å². The number of hydrogen-bond donors (Lipinski definition) is 1.